The Labute approximate surface area is 117 Å². The van der Waals surface area contributed by atoms with Crippen molar-refractivity contribution in [3.05, 3.63) is 18.5 Å². The van der Waals surface area contributed by atoms with Crippen LogP contribution in [-0.2, 0) is 4.79 Å². The van der Waals surface area contributed by atoms with Gasteiger partial charge in [0.2, 0.25) is 11.9 Å². The van der Waals surface area contributed by atoms with Gasteiger partial charge in [0, 0.05) is 38.6 Å². The van der Waals surface area contributed by atoms with Crippen LogP contribution in [0.1, 0.15) is 6.92 Å². The van der Waals surface area contributed by atoms with Gasteiger partial charge in [0.1, 0.15) is 6.04 Å². The van der Waals surface area contributed by atoms with E-state index < -0.39 is 12.1 Å². The van der Waals surface area contributed by atoms with Gasteiger partial charge in [-0.25, -0.2) is 14.8 Å². The lowest BCUT2D eigenvalue weighted by molar-refractivity contribution is -0.133. The van der Waals surface area contributed by atoms with Crippen LogP contribution in [0.3, 0.4) is 0 Å². The summed E-state index contributed by atoms with van der Waals surface area (Å²) in [5.74, 6) is 0.542. The van der Waals surface area contributed by atoms with Crippen molar-refractivity contribution in [1.29, 1.82) is 0 Å². The number of hydrogen-bond acceptors (Lipinski definition) is 5. The molecule has 1 aliphatic rings. The molecule has 3 amide bonds. The van der Waals surface area contributed by atoms with Crippen molar-refractivity contribution in [2.75, 3.05) is 31.1 Å². The van der Waals surface area contributed by atoms with E-state index in [-0.39, 0.29) is 5.91 Å². The Morgan fingerprint density at radius 2 is 1.85 bits per heavy atom. The maximum Gasteiger partial charge on any atom is 0.312 e. The van der Waals surface area contributed by atoms with Gasteiger partial charge in [-0.05, 0) is 13.0 Å². The first-order valence-electron chi connectivity index (χ1n) is 6.44. The maximum atomic E-state index is 12.1. The van der Waals surface area contributed by atoms with Crippen LogP contribution in [0.5, 0.6) is 0 Å². The van der Waals surface area contributed by atoms with Crippen LogP contribution in [0.4, 0.5) is 10.7 Å². The molecule has 1 aromatic rings. The standard InChI is InChI=1S/C12H18N6O2/c1-9(16-11(13)20)10(19)17-5-7-18(8-6-17)12-14-3-2-4-15-12/h2-4,9H,5-8H2,1H3,(H3,13,16,20). The number of urea groups is 1. The Hall–Kier alpha value is -2.38. The fourth-order valence-corrected chi connectivity index (χ4v) is 2.13. The summed E-state index contributed by atoms with van der Waals surface area (Å²) >= 11 is 0. The van der Waals surface area contributed by atoms with Crippen molar-refractivity contribution in [3.63, 3.8) is 0 Å². The summed E-state index contributed by atoms with van der Waals surface area (Å²) in [5, 5.41) is 2.39. The average Bonchev–Trinajstić information content (AvgIpc) is 2.47. The summed E-state index contributed by atoms with van der Waals surface area (Å²) < 4.78 is 0. The van der Waals surface area contributed by atoms with Crippen LogP contribution in [0.2, 0.25) is 0 Å². The summed E-state index contributed by atoms with van der Waals surface area (Å²) in [6.07, 6.45) is 3.39. The van der Waals surface area contributed by atoms with Crippen molar-refractivity contribution >= 4 is 17.9 Å². The molecular formula is C12H18N6O2. The minimum atomic E-state index is -0.692. The van der Waals surface area contributed by atoms with Crippen molar-refractivity contribution in [2.24, 2.45) is 5.73 Å². The zero-order chi connectivity index (χ0) is 14.5. The van der Waals surface area contributed by atoms with Crippen LogP contribution < -0.4 is 16.0 Å². The number of carbonyl (C=O) groups is 2. The highest BCUT2D eigenvalue weighted by Gasteiger charge is 2.26. The SMILES string of the molecule is CC(NC(N)=O)C(=O)N1CCN(c2ncccn2)CC1. The first-order valence-corrected chi connectivity index (χ1v) is 6.44. The van der Waals surface area contributed by atoms with E-state index in [2.05, 4.69) is 15.3 Å². The lowest BCUT2D eigenvalue weighted by Crippen LogP contribution is -2.55. The van der Waals surface area contributed by atoms with Gasteiger partial charge >= 0.3 is 6.03 Å². The second-order valence-corrected chi connectivity index (χ2v) is 4.59. The van der Waals surface area contributed by atoms with Crippen molar-refractivity contribution < 1.29 is 9.59 Å². The van der Waals surface area contributed by atoms with Crippen LogP contribution in [0, 0.1) is 0 Å². The monoisotopic (exact) mass is 278 g/mol. The molecule has 1 atom stereocenters. The quantitative estimate of drug-likeness (QED) is 0.752. The number of nitrogens with zero attached hydrogens (tertiary/aromatic N) is 4. The van der Waals surface area contributed by atoms with E-state index in [1.807, 2.05) is 4.90 Å². The van der Waals surface area contributed by atoms with E-state index in [1.54, 1.807) is 30.3 Å². The number of aromatic nitrogens is 2. The first-order chi connectivity index (χ1) is 9.58. The van der Waals surface area contributed by atoms with E-state index in [4.69, 9.17) is 5.73 Å². The fraction of sp³-hybridized carbons (Fsp3) is 0.500. The molecular weight excluding hydrogens is 260 g/mol. The van der Waals surface area contributed by atoms with Crippen molar-refractivity contribution in [2.45, 2.75) is 13.0 Å². The molecule has 2 heterocycles. The number of piperazine rings is 1. The van der Waals surface area contributed by atoms with Gasteiger partial charge in [0.25, 0.3) is 0 Å². The van der Waals surface area contributed by atoms with E-state index in [9.17, 15) is 9.59 Å². The molecule has 1 unspecified atom stereocenters. The molecule has 8 heteroatoms. The molecule has 1 saturated heterocycles. The Morgan fingerprint density at radius 3 is 2.40 bits per heavy atom. The summed E-state index contributed by atoms with van der Waals surface area (Å²) in [6, 6.07) is 0.467. The highest BCUT2D eigenvalue weighted by molar-refractivity contribution is 5.86. The Kier molecular flexibility index (Phi) is 4.34. The molecule has 3 N–H and O–H groups in total. The summed E-state index contributed by atoms with van der Waals surface area (Å²) in [5.41, 5.74) is 5.01. The predicted octanol–water partition coefficient (Wildman–Crippen LogP) is -0.818. The van der Waals surface area contributed by atoms with Crippen molar-refractivity contribution in [1.82, 2.24) is 20.2 Å². The number of anilines is 1. The molecule has 0 aromatic carbocycles. The number of nitrogens with one attached hydrogen (secondary N) is 1. The molecule has 2 rings (SSSR count). The fourth-order valence-electron chi connectivity index (χ4n) is 2.13. The lowest BCUT2D eigenvalue weighted by Gasteiger charge is -2.35. The van der Waals surface area contributed by atoms with Crippen molar-refractivity contribution in [3.8, 4) is 0 Å². The van der Waals surface area contributed by atoms with E-state index in [1.165, 1.54) is 0 Å². The third-order valence-electron chi connectivity index (χ3n) is 3.16. The van der Waals surface area contributed by atoms with Gasteiger partial charge in [-0.2, -0.15) is 0 Å². The molecule has 0 aliphatic carbocycles. The zero-order valence-corrected chi connectivity index (χ0v) is 11.3. The van der Waals surface area contributed by atoms with Crippen LogP contribution in [0.15, 0.2) is 18.5 Å². The number of nitrogens with two attached hydrogens (primary N) is 1. The molecule has 1 fully saturated rings. The number of hydrogen-bond donors (Lipinski definition) is 2. The molecule has 1 aromatic heterocycles. The van der Waals surface area contributed by atoms with E-state index >= 15 is 0 Å². The maximum absolute atomic E-state index is 12.1. The molecule has 20 heavy (non-hydrogen) atoms. The summed E-state index contributed by atoms with van der Waals surface area (Å²) in [7, 11) is 0. The molecule has 108 valence electrons. The van der Waals surface area contributed by atoms with Crippen LogP contribution >= 0.6 is 0 Å². The van der Waals surface area contributed by atoms with Gasteiger partial charge in [-0.15, -0.1) is 0 Å². The van der Waals surface area contributed by atoms with Crippen LogP contribution in [0.25, 0.3) is 0 Å². The normalized spacial score (nSPS) is 16.6. The molecule has 0 spiro atoms. The Balaban J connectivity index is 1.88. The molecule has 0 bridgehead atoms. The predicted molar refractivity (Wildman–Crippen MR) is 73.0 cm³/mol. The summed E-state index contributed by atoms with van der Waals surface area (Å²) in [6.45, 7) is 4.10. The number of rotatable bonds is 3. The van der Waals surface area contributed by atoms with Crippen LogP contribution in [-0.4, -0.2) is 59.0 Å². The highest BCUT2D eigenvalue weighted by atomic mass is 16.2. The molecule has 8 nitrogen and oxygen atoms in total. The second-order valence-electron chi connectivity index (χ2n) is 4.59. The molecule has 1 aliphatic heterocycles. The van der Waals surface area contributed by atoms with E-state index in [0.717, 1.165) is 0 Å². The lowest BCUT2D eigenvalue weighted by atomic mass is 10.2. The van der Waals surface area contributed by atoms with E-state index in [0.29, 0.717) is 32.1 Å². The topological polar surface area (TPSA) is 104 Å². The van der Waals surface area contributed by atoms with Gasteiger partial charge in [-0.1, -0.05) is 0 Å². The summed E-state index contributed by atoms with van der Waals surface area (Å²) in [4.78, 5) is 34.9. The second kappa shape index (κ2) is 6.18. The largest absolute Gasteiger partial charge is 0.352 e. The third kappa shape index (κ3) is 3.34. The molecule has 0 saturated carbocycles. The highest BCUT2D eigenvalue weighted by Crippen LogP contribution is 2.10. The first kappa shape index (κ1) is 14.0. The zero-order valence-electron chi connectivity index (χ0n) is 11.3. The average molecular weight is 278 g/mol. The third-order valence-corrected chi connectivity index (χ3v) is 3.16. The van der Waals surface area contributed by atoms with Gasteiger partial charge in [-0.3, -0.25) is 4.79 Å². The number of primary amides is 1. The number of amides is 3. The van der Waals surface area contributed by atoms with Gasteiger partial charge in [0.05, 0.1) is 0 Å². The molecule has 0 radical (unpaired) electrons. The number of carbonyl (C=O) groups excluding carboxylic acids is 2. The minimum Gasteiger partial charge on any atom is -0.352 e. The van der Waals surface area contributed by atoms with Gasteiger partial charge in [0.15, 0.2) is 0 Å². The Morgan fingerprint density at radius 1 is 1.25 bits per heavy atom. The van der Waals surface area contributed by atoms with Gasteiger partial charge < -0.3 is 20.9 Å². The minimum absolute atomic E-state index is 0.127. The smallest absolute Gasteiger partial charge is 0.312 e. The Bertz CT molecular complexity index is 472.